The largest absolute Gasteiger partial charge is 0.444 e. The van der Waals surface area contributed by atoms with Crippen LogP contribution in [0.2, 0.25) is 5.21 Å². The average molecular weight is 277 g/mol. The van der Waals surface area contributed by atoms with Crippen molar-refractivity contribution in [2.45, 2.75) is 49.8 Å². The van der Waals surface area contributed by atoms with Gasteiger partial charge in [0.2, 0.25) is 0 Å². The van der Waals surface area contributed by atoms with Gasteiger partial charge in [-0.15, -0.1) is 0 Å². The Bertz CT molecular complexity index is 355. The first-order valence-electron chi connectivity index (χ1n) is 7.55. The second kappa shape index (κ2) is 5.70. The van der Waals surface area contributed by atoms with E-state index in [1.807, 2.05) is 36.5 Å². The summed E-state index contributed by atoms with van der Waals surface area (Å²) in [5.74, 6) is 0.418. The lowest BCUT2D eigenvalue weighted by Gasteiger charge is -2.48. The lowest BCUT2D eigenvalue weighted by atomic mass is 9.31. The molecule has 20 heavy (non-hydrogen) atoms. The van der Waals surface area contributed by atoms with Gasteiger partial charge in [0.25, 0.3) is 0 Å². The molecule has 0 saturated carbocycles. The number of nitrogens with zero attached hydrogens (tertiary/aromatic N) is 1. The highest BCUT2D eigenvalue weighted by Crippen LogP contribution is 2.42. The van der Waals surface area contributed by atoms with Crippen molar-refractivity contribution < 1.29 is 14.6 Å². The first-order valence-corrected chi connectivity index (χ1v) is 7.55. The second-order valence-electron chi connectivity index (χ2n) is 8.02. The molecule has 0 radical (unpaired) electrons. The molecule has 1 amide bonds. The Morgan fingerprint density at radius 1 is 1.15 bits per heavy atom. The molecule has 1 aliphatic rings. The number of ether oxygens (including phenoxy) is 1. The van der Waals surface area contributed by atoms with E-state index < -0.39 is 11.0 Å². The minimum absolute atomic E-state index is 0.160. The molecule has 0 spiro atoms. The number of carbonyl (C=O) groups excluding carboxylic acids is 1. The zero-order chi connectivity index (χ0) is 15.8. The summed E-state index contributed by atoms with van der Waals surface area (Å²) in [6, 6.07) is 0. The van der Waals surface area contributed by atoms with Gasteiger partial charge in [-0.3, -0.25) is 0 Å². The van der Waals surface area contributed by atoms with Gasteiger partial charge >= 0.3 is 6.09 Å². The van der Waals surface area contributed by atoms with Crippen LogP contribution in [0.25, 0.3) is 0 Å². The molecule has 110 valence electrons. The molecule has 1 saturated heterocycles. The zero-order valence-corrected chi connectivity index (χ0v) is 14.1. The summed E-state index contributed by atoms with van der Waals surface area (Å²) < 4.78 is 5.40. The van der Waals surface area contributed by atoms with Gasteiger partial charge < -0.3 is 14.7 Å². The molecular weight excluding hydrogens is 249 g/mol. The number of piperidine rings is 1. The van der Waals surface area contributed by atoms with Gasteiger partial charge in [-0.1, -0.05) is 5.21 Å². The number of likely N-dealkylation sites (tertiary alicyclic amines) is 1. The molecule has 0 aromatic carbocycles. The Morgan fingerprint density at radius 2 is 1.60 bits per heavy atom. The highest BCUT2D eigenvalue weighted by Gasteiger charge is 2.42. The van der Waals surface area contributed by atoms with Crippen LogP contribution in [0.1, 0.15) is 33.6 Å². The van der Waals surface area contributed by atoms with Gasteiger partial charge in [-0.25, -0.2) is 4.79 Å². The molecule has 0 unspecified atom stereocenters. The lowest BCUT2D eigenvalue weighted by Crippen LogP contribution is -2.52. The molecular formula is C12H27B4NO3. The summed E-state index contributed by atoms with van der Waals surface area (Å²) in [7, 11) is 7.96. The molecule has 1 fully saturated rings. The van der Waals surface area contributed by atoms with E-state index in [0.717, 1.165) is 12.8 Å². The van der Waals surface area contributed by atoms with Gasteiger partial charge in [0.1, 0.15) is 37.0 Å². The Hall–Kier alpha value is -0.510. The predicted molar refractivity (Wildman–Crippen MR) is 92.3 cm³/mol. The van der Waals surface area contributed by atoms with Crippen molar-refractivity contribution in [2.75, 3.05) is 13.1 Å². The first kappa shape index (κ1) is 17.5. The Balaban J connectivity index is 2.58. The van der Waals surface area contributed by atoms with Crippen molar-refractivity contribution in [3.05, 3.63) is 0 Å². The molecule has 1 N–H and O–H groups in total. The summed E-state index contributed by atoms with van der Waals surface area (Å²) in [4.78, 5) is 13.8. The maximum Gasteiger partial charge on any atom is 0.410 e. The quantitative estimate of drug-likeness (QED) is 0.590. The number of carbonyl (C=O) groups is 1. The Morgan fingerprint density at radius 3 is 1.95 bits per heavy atom. The van der Waals surface area contributed by atoms with Gasteiger partial charge in [0.05, 0.1) is 0 Å². The van der Waals surface area contributed by atoms with Gasteiger partial charge in [-0.05, 0) is 44.9 Å². The fourth-order valence-corrected chi connectivity index (χ4v) is 2.61. The van der Waals surface area contributed by atoms with E-state index >= 15 is 0 Å². The normalized spacial score (nSPS) is 18.9. The van der Waals surface area contributed by atoms with Gasteiger partial charge in [0, 0.05) is 13.1 Å². The van der Waals surface area contributed by atoms with Crippen molar-refractivity contribution in [3.63, 3.8) is 0 Å². The minimum atomic E-state index is -0.717. The second-order valence-corrected chi connectivity index (χ2v) is 8.02. The molecule has 1 heterocycles. The van der Waals surface area contributed by atoms with Crippen LogP contribution in [0.4, 0.5) is 4.79 Å². The summed E-state index contributed by atoms with van der Waals surface area (Å²) >= 11 is 0. The van der Waals surface area contributed by atoms with E-state index in [-0.39, 0.29) is 11.3 Å². The molecule has 1 aliphatic heterocycles. The molecule has 1 rings (SSSR count). The summed E-state index contributed by atoms with van der Waals surface area (Å²) in [5, 5.41) is 9.44. The van der Waals surface area contributed by atoms with Crippen LogP contribution in [0.3, 0.4) is 0 Å². The van der Waals surface area contributed by atoms with E-state index in [9.17, 15) is 9.90 Å². The molecule has 0 aromatic heterocycles. The summed E-state index contributed by atoms with van der Waals surface area (Å²) in [6.45, 7) is 7.07. The third-order valence-corrected chi connectivity index (χ3v) is 4.74. The van der Waals surface area contributed by atoms with E-state index in [1.165, 1.54) is 0 Å². The molecule has 8 heteroatoms. The van der Waals surface area contributed by atoms with Gasteiger partial charge in [-0.2, -0.15) is 0 Å². The topological polar surface area (TPSA) is 49.8 Å². The fourth-order valence-electron chi connectivity index (χ4n) is 2.61. The Labute approximate surface area is 126 Å². The van der Waals surface area contributed by atoms with E-state index in [0.29, 0.717) is 19.0 Å². The van der Waals surface area contributed by atoms with Crippen LogP contribution in [-0.4, -0.2) is 71.6 Å². The van der Waals surface area contributed by atoms with Crippen LogP contribution in [0.15, 0.2) is 0 Å². The third kappa shape index (κ3) is 4.24. The highest BCUT2D eigenvalue weighted by molar-refractivity contribution is 6.53. The molecule has 4 nitrogen and oxygen atoms in total. The molecule has 0 aliphatic carbocycles. The molecule has 0 atom stereocenters. The van der Waals surface area contributed by atoms with Crippen molar-refractivity contribution in [3.8, 4) is 0 Å². The highest BCUT2D eigenvalue weighted by atomic mass is 16.6. The smallest absolute Gasteiger partial charge is 0.410 e. The number of aliphatic hydroxyl groups is 1. The first-order chi connectivity index (χ1) is 8.84. The van der Waals surface area contributed by atoms with Crippen molar-refractivity contribution >= 4 is 37.5 Å². The number of hydrogen-bond acceptors (Lipinski definition) is 3. The van der Waals surface area contributed by atoms with Crippen LogP contribution in [0, 0.1) is 5.92 Å². The average Bonchev–Trinajstić information content (AvgIpc) is 2.25. The van der Waals surface area contributed by atoms with Crippen LogP contribution >= 0.6 is 0 Å². The van der Waals surface area contributed by atoms with Crippen molar-refractivity contribution in [1.82, 2.24) is 4.90 Å². The maximum absolute atomic E-state index is 12.0. The third-order valence-electron chi connectivity index (χ3n) is 4.74. The van der Waals surface area contributed by atoms with E-state index in [4.69, 9.17) is 4.74 Å². The number of amides is 1. The number of rotatable bonds is 2. The minimum Gasteiger partial charge on any atom is -0.444 e. The fraction of sp³-hybridized carbons (Fsp3) is 0.917. The van der Waals surface area contributed by atoms with Crippen molar-refractivity contribution in [2.24, 2.45) is 5.92 Å². The molecule has 0 aromatic rings. The zero-order valence-electron chi connectivity index (χ0n) is 14.1. The lowest BCUT2D eigenvalue weighted by molar-refractivity contribution is 0.0157. The summed E-state index contributed by atoms with van der Waals surface area (Å²) in [6.07, 6.45) is 1.60. The monoisotopic (exact) mass is 277 g/mol. The van der Waals surface area contributed by atoms with E-state index in [2.05, 4.69) is 15.7 Å². The molecule has 0 bridgehead atoms. The predicted octanol–water partition coefficient (Wildman–Crippen LogP) is -2.07. The van der Waals surface area contributed by atoms with E-state index in [1.54, 1.807) is 4.90 Å². The van der Waals surface area contributed by atoms with Gasteiger partial charge in [0.15, 0.2) is 0 Å². The van der Waals surface area contributed by atoms with Crippen LogP contribution in [-0.2, 0) is 4.74 Å². The number of hydrogen-bond donors (Lipinski definition) is 1. The Kier molecular flexibility index (Phi) is 5.00. The maximum atomic E-state index is 12.0. The van der Waals surface area contributed by atoms with Crippen LogP contribution in [0.5, 0.6) is 0 Å². The summed E-state index contributed by atoms with van der Waals surface area (Å²) in [5.41, 5.74) is -0.444. The van der Waals surface area contributed by atoms with Crippen LogP contribution < -0.4 is 0 Å². The standard InChI is InChI=1S/C12H27B4NO3/c1-10(2,3)20-9(18)17-6-4-8(5-7-17)11(13,14)12(15,16)19/h8,19H,4-7,13-16H2,1-3H3. The van der Waals surface area contributed by atoms with Crippen molar-refractivity contribution in [1.29, 1.82) is 0 Å². The SMILES string of the molecule is BC(B)(O)C(B)(B)C1CCN(C(=O)OC(C)(C)C)CC1.